The van der Waals surface area contributed by atoms with Gasteiger partial charge >= 0.3 is 5.97 Å². The highest BCUT2D eigenvalue weighted by Gasteiger charge is 2.55. The van der Waals surface area contributed by atoms with Crippen molar-refractivity contribution in [3.05, 3.63) is 0 Å². The van der Waals surface area contributed by atoms with Crippen LogP contribution in [0.15, 0.2) is 0 Å². The first kappa shape index (κ1) is 12.0. The lowest BCUT2D eigenvalue weighted by atomic mass is 9.81. The molecule has 0 unspecified atom stereocenters. The summed E-state index contributed by atoms with van der Waals surface area (Å²) in [5.74, 6) is 0.448. The molecule has 1 saturated heterocycles. The molecule has 3 fully saturated rings. The first-order valence-corrected chi connectivity index (χ1v) is 7.13. The zero-order chi connectivity index (χ0) is 12.8. The molecular weight excluding hydrogens is 230 g/mol. The summed E-state index contributed by atoms with van der Waals surface area (Å²) in [5.41, 5.74) is -0.616. The summed E-state index contributed by atoms with van der Waals surface area (Å²) < 4.78 is 0. The molecule has 2 aliphatic carbocycles. The molecule has 1 amide bonds. The van der Waals surface area contributed by atoms with Gasteiger partial charge in [-0.3, -0.25) is 9.59 Å². The minimum atomic E-state index is -0.692. The van der Waals surface area contributed by atoms with Crippen molar-refractivity contribution in [2.24, 2.45) is 17.3 Å². The zero-order valence-corrected chi connectivity index (χ0v) is 10.7. The van der Waals surface area contributed by atoms with Crippen molar-refractivity contribution >= 4 is 11.9 Å². The number of likely N-dealkylation sites (tertiary alicyclic amines) is 1. The predicted molar refractivity (Wildman–Crippen MR) is 65.9 cm³/mol. The van der Waals surface area contributed by atoms with Crippen LogP contribution in [0.5, 0.6) is 0 Å². The third-order valence-electron chi connectivity index (χ3n) is 5.11. The standard InChI is InChI=1S/C14H21NO3/c16-12(6-5-10-3-4-10)15-8-11-2-1-7-14(11,9-15)13(17)18/h10-11H,1-9H2,(H,17,18)/t11-,14+/m0/s1. The summed E-state index contributed by atoms with van der Waals surface area (Å²) >= 11 is 0. The minimum absolute atomic E-state index is 0.178. The van der Waals surface area contributed by atoms with Crippen LogP contribution in [0.2, 0.25) is 0 Å². The molecule has 2 atom stereocenters. The summed E-state index contributed by atoms with van der Waals surface area (Å²) in [4.78, 5) is 25.4. The number of hydrogen-bond donors (Lipinski definition) is 1. The number of amides is 1. The van der Waals surface area contributed by atoms with E-state index in [-0.39, 0.29) is 11.8 Å². The van der Waals surface area contributed by atoms with Crippen LogP contribution in [-0.2, 0) is 9.59 Å². The molecule has 0 bridgehead atoms. The fourth-order valence-corrected chi connectivity index (χ4v) is 3.72. The molecule has 0 aromatic heterocycles. The van der Waals surface area contributed by atoms with Gasteiger partial charge in [-0.1, -0.05) is 19.3 Å². The Morgan fingerprint density at radius 3 is 2.67 bits per heavy atom. The monoisotopic (exact) mass is 251 g/mol. The van der Waals surface area contributed by atoms with Gasteiger partial charge < -0.3 is 10.0 Å². The van der Waals surface area contributed by atoms with Crippen LogP contribution in [0.1, 0.15) is 44.9 Å². The van der Waals surface area contributed by atoms with E-state index in [0.29, 0.717) is 19.5 Å². The molecule has 2 saturated carbocycles. The van der Waals surface area contributed by atoms with Crippen LogP contribution in [-0.4, -0.2) is 35.0 Å². The summed E-state index contributed by atoms with van der Waals surface area (Å²) in [7, 11) is 0. The Labute approximate surface area is 107 Å². The second-order valence-corrected chi connectivity index (χ2v) is 6.31. The van der Waals surface area contributed by atoms with Crippen molar-refractivity contribution in [1.29, 1.82) is 0 Å². The number of fused-ring (bicyclic) bond motifs is 1. The molecule has 1 heterocycles. The number of carbonyl (C=O) groups excluding carboxylic acids is 1. The van der Waals surface area contributed by atoms with E-state index < -0.39 is 11.4 Å². The quantitative estimate of drug-likeness (QED) is 0.830. The first-order valence-electron chi connectivity index (χ1n) is 7.13. The van der Waals surface area contributed by atoms with Crippen LogP contribution in [0, 0.1) is 17.3 Å². The number of aliphatic carboxylic acids is 1. The van der Waals surface area contributed by atoms with E-state index in [4.69, 9.17) is 0 Å². The van der Waals surface area contributed by atoms with Gasteiger partial charge in [0.05, 0.1) is 5.41 Å². The van der Waals surface area contributed by atoms with Crippen molar-refractivity contribution in [3.8, 4) is 0 Å². The van der Waals surface area contributed by atoms with E-state index in [0.717, 1.165) is 31.6 Å². The molecule has 0 spiro atoms. The topological polar surface area (TPSA) is 57.6 Å². The maximum absolute atomic E-state index is 12.1. The summed E-state index contributed by atoms with van der Waals surface area (Å²) in [6.07, 6.45) is 6.89. The van der Waals surface area contributed by atoms with Crippen molar-refractivity contribution in [2.75, 3.05) is 13.1 Å². The van der Waals surface area contributed by atoms with Crippen LogP contribution >= 0.6 is 0 Å². The SMILES string of the molecule is O=C(CCC1CC1)N1C[C@@H]2CCC[C@@]2(C(=O)O)C1. The van der Waals surface area contributed by atoms with Gasteiger partial charge in [0.25, 0.3) is 0 Å². The zero-order valence-electron chi connectivity index (χ0n) is 10.7. The summed E-state index contributed by atoms with van der Waals surface area (Å²) in [6, 6.07) is 0. The molecule has 3 aliphatic rings. The molecular formula is C14H21NO3. The maximum Gasteiger partial charge on any atom is 0.311 e. The highest BCUT2D eigenvalue weighted by Crippen LogP contribution is 2.49. The van der Waals surface area contributed by atoms with Crippen molar-refractivity contribution < 1.29 is 14.7 Å². The molecule has 0 aromatic carbocycles. The number of rotatable bonds is 4. The lowest BCUT2D eigenvalue weighted by Gasteiger charge is -2.23. The minimum Gasteiger partial charge on any atom is -0.481 e. The number of hydrogen-bond acceptors (Lipinski definition) is 2. The first-order chi connectivity index (χ1) is 8.62. The van der Waals surface area contributed by atoms with E-state index >= 15 is 0 Å². The molecule has 4 nitrogen and oxygen atoms in total. The lowest BCUT2D eigenvalue weighted by Crippen LogP contribution is -2.37. The van der Waals surface area contributed by atoms with Crippen LogP contribution in [0.25, 0.3) is 0 Å². The molecule has 1 N–H and O–H groups in total. The Morgan fingerprint density at radius 2 is 2.06 bits per heavy atom. The van der Waals surface area contributed by atoms with Crippen molar-refractivity contribution in [2.45, 2.75) is 44.9 Å². The smallest absolute Gasteiger partial charge is 0.311 e. The Hall–Kier alpha value is -1.06. The number of carboxylic acids is 1. The van der Waals surface area contributed by atoms with Gasteiger partial charge in [0.1, 0.15) is 0 Å². The second kappa shape index (κ2) is 4.25. The van der Waals surface area contributed by atoms with Gasteiger partial charge in [0.2, 0.25) is 5.91 Å². The summed E-state index contributed by atoms with van der Waals surface area (Å²) in [6.45, 7) is 1.13. The number of carbonyl (C=O) groups is 2. The van der Waals surface area contributed by atoms with E-state index in [2.05, 4.69) is 0 Å². The average molecular weight is 251 g/mol. The van der Waals surface area contributed by atoms with Crippen LogP contribution in [0.3, 0.4) is 0 Å². The highest BCUT2D eigenvalue weighted by atomic mass is 16.4. The van der Waals surface area contributed by atoms with E-state index in [1.54, 1.807) is 0 Å². The Bertz CT molecular complexity index is 377. The van der Waals surface area contributed by atoms with Gasteiger partial charge in [0, 0.05) is 19.5 Å². The fourth-order valence-electron chi connectivity index (χ4n) is 3.72. The fraction of sp³-hybridized carbons (Fsp3) is 0.857. The van der Waals surface area contributed by atoms with Crippen molar-refractivity contribution in [1.82, 2.24) is 4.90 Å². The van der Waals surface area contributed by atoms with Gasteiger partial charge in [0.15, 0.2) is 0 Å². The molecule has 18 heavy (non-hydrogen) atoms. The molecule has 3 rings (SSSR count). The Kier molecular flexibility index (Phi) is 2.83. The summed E-state index contributed by atoms with van der Waals surface area (Å²) in [5, 5.41) is 9.46. The van der Waals surface area contributed by atoms with Gasteiger partial charge in [-0.05, 0) is 31.1 Å². The van der Waals surface area contributed by atoms with Crippen molar-refractivity contribution in [3.63, 3.8) is 0 Å². The largest absolute Gasteiger partial charge is 0.481 e. The Balaban J connectivity index is 1.62. The Morgan fingerprint density at radius 1 is 1.28 bits per heavy atom. The highest BCUT2D eigenvalue weighted by molar-refractivity contribution is 5.81. The van der Waals surface area contributed by atoms with E-state index in [1.165, 1.54) is 12.8 Å². The lowest BCUT2D eigenvalue weighted by molar-refractivity contribution is -0.149. The predicted octanol–water partition coefficient (Wildman–Crippen LogP) is 1.89. The molecule has 1 aliphatic heterocycles. The second-order valence-electron chi connectivity index (χ2n) is 6.31. The molecule has 100 valence electrons. The third-order valence-corrected chi connectivity index (χ3v) is 5.11. The van der Waals surface area contributed by atoms with Gasteiger partial charge in [-0.15, -0.1) is 0 Å². The molecule has 0 aromatic rings. The molecule has 0 radical (unpaired) electrons. The number of nitrogens with zero attached hydrogens (tertiary/aromatic N) is 1. The number of carboxylic acid groups (broad SMARTS) is 1. The van der Waals surface area contributed by atoms with E-state index in [1.807, 2.05) is 4.90 Å². The molecule has 4 heteroatoms. The van der Waals surface area contributed by atoms with Gasteiger partial charge in [-0.25, -0.2) is 0 Å². The average Bonchev–Trinajstić information content (AvgIpc) is 2.93. The normalized spacial score (nSPS) is 34.7. The maximum atomic E-state index is 12.1. The van der Waals surface area contributed by atoms with Gasteiger partial charge in [-0.2, -0.15) is 0 Å². The van der Waals surface area contributed by atoms with E-state index in [9.17, 15) is 14.7 Å². The van der Waals surface area contributed by atoms with Crippen LogP contribution < -0.4 is 0 Å². The van der Waals surface area contributed by atoms with Crippen LogP contribution in [0.4, 0.5) is 0 Å². The third kappa shape index (κ3) is 1.91.